The molecule has 2 aromatic heterocycles. The minimum absolute atomic E-state index is 0.0579. The monoisotopic (exact) mass is 678 g/mol. The van der Waals surface area contributed by atoms with E-state index in [4.69, 9.17) is 37.4 Å². The molecule has 0 radical (unpaired) electrons. The number of hydrogen-bond donors (Lipinski definition) is 2. The fourth-order valence-corrected chi connectivity index (χ4v) is 5.82. The van der Waals surface area contributed by atoms with Crippen molar-refractivity contribution in [3.8, 4) is 11.4 Å². The molecule has 12 nitrogen and oxygen atoms in total. The summed E-state index contributed by atoms with van der Waals surface area (Å²) in [6.45, 7) is 6.29. The van der Waals surface area contributed by atoms with Crippen molar-refractivity contribution in [2.45, 2.75) is 44.7 Å². The Bertz CT molecular complexity index is 1810. The zero-order chi connectivity index (χ0) is 32.8. The molecule has 3 heterocycles. The second kappa shape index (κ2) is 14.6. The first kappa shape index (κ1) is 32.6. The van der Waals surface area contributed by atoms with Gasteiger partial charge in [-0.2, -0.15) is 10.2 Å². The zero-order valence-electron chi connectivity index (χ0n) is 26.1. The third-order valence-electron chi connectivity index (χ3n) is 7.96. The Hall–Kier alpha value is -4.36. The van der Waals surface area contributed by atoms with Gasteiger partial charge in [-0.25, -0.2) is 23.7 Å². The highest BCUT2D eigenvalue weighted by atomic mass is 35.5. The van der Waals surface area contributed by atoms with Gasteiger partial charge >= 0.3 is 5.69 Å². The van der Waals surface area contributed by atoms with E-state index in [1.165, 1.54) is 11.0 Å². The van der Waals surface area contributed by atoms with Gasteiger partial charge in [-0.05, 0) is 74.0 Å². The van der Waals surface area contributed by atoms with Crippen molar-refractivity contribution in [3.05, 3.63) is 112 Å². The summed E-state index contributed by atoms with van der Waals surface area (Å²) in [5.41, 5.74) is 3.23. The van der Waals surface area contributed by atoms with Crippen LogP contribution in [-0.2, 0) is 21.8 Å². The van der Waals surface area contributed by atoms with Gasteiger partial charge in [-0.3, -0.25) is 0 Å². The number of hydrogen-bond acceptors (Lipinski definition) is 9. The van der Waals surface area contributed by atoms with Gasteiger partial charge < -0.3 is 24.8 Å². The Morgan fingerprint density at radius 1 is 1.00 bits per heavy atom. The molecule has 1 saturated heterocycles. The van der Waals surface area contributed by atoms with Crippen LogP contribution in [0.25, 0.3) is 5.69 Å². The second-order valence-corrected chi connectivity index (χ2v) is 12.1. The lowest BCUT2D eigenvalue weighted by atomic mass is 10.1. The minimum atomic E-state index is -1.16. The Morgan fingerprint density at radius 2 is 1.72 bits per heavy atom. The maximum Gasteiger partial charge on any atom is 0.350 e. The molecule has 0 saturated carbocycles. The summed E-state index contributed by atoms with van der Waals surface area (Å²) in [5.74, 6) is -0.450. The standard InChI is InChI=1S/C33H36Cl2N8O4/c1-3-23(2)43-32(44)42(22-40-43)27-9-5-25(6-10-27)37-14-15-38-26-7-11-28(12-8-26)45-17-29-18-46-33(47-29,19-41-21-36-20-39-41)30-13-4-24(34)16-31(30)35/h4-13,16,20-23,29,37-38H,3,14-15,17-19H2,1-2H3/t23?,29?,33-/m0/s1. The summed E-state index contributed by atoms with van der Waals surface area (Å²) in [5, 5.41) is 16.2. The van der Waals surface area contributed by atoms with Gasteiger partial charge in [0.25, 0.3) is 0 Å². The van der Waals surface area contributed by atoms with E-state index >= 15 is 0 Å². The van der Waals surface area contributed by atoms with Crippen molar-refractivity contribution in [1.82, 2.24) is 29.1 Å². The molecule has 2 unspecified atom stereocenters. The van der Waals surface area contributed by atoms with E-state index < -0.39 is 5.79 Å². The van der Waals surface area contributed by atoms with Crippen LogP contribution >= 0.6 is 23.2 Å². The van der Waals surface area contributed by atoms with Crippen LogP contribution in [0.15, 0.2) is 90.5 Å². The zero-order valence-corrected chi connectivity index (χ0v) is 27.6. The molecule has 1 aliphatic heterocycles. The van der Waals surface area contributed by atoms with Gasteiger partial charge in [-0.15, -0.1) is 0 Å². The Morgan fingerprint density at radius 3 is 2.38 bits per heavy atom. The van der Waals surface area contributed by atoms with Crippen molar-refractivity contribution in [1.29, 1.82) is 0 Å². The van der Waals surface area contributed by atoms with Gasteiger partial charge in [0, 0.05) is 35.1 Å². The number of aromatic nitrogens is 6. The average Bonchev–Trinajstić information content (AvgIpc) is 3.84. The normalized spacial score (nSPS) is 18.3. The predicted octanol–water partition coefficient (Wildman–Crippen LogP) is 5.77. The summed E-state index contributed by atoms with van der Waals surface area (Å²) >= 11 is 12.7. The van der Waals surface area contributed by atoms with Crippen LogP contribution < -0.4 is 21.1 Å². The van der Waals surface area contributed by atoms with Crippen LogP contribution in [-0.4, -0.2) is 61.5 Å². The third kappa shape index (κ3) is 7.62. The molecular formula is C33H36Cl2N8O4. The predicted molar refractivity (Wildman–Crippen MR) is 181 cm³/mol. The second-order valence-electron chi connectivity index (χ2n) is 11.2. The Balaban J connectivity index is 0.967. The molecule has 0 bridgehead atoms. The summed E-state index contributed by atoms with van der Waals surface area (Å²) in [7, 11) is 0. The highest BCUT2D eigenvalue weighted by molar-refractivity contribution is 6.35. The number of nitrogens with zero attached hydrogens (tertiary/aromatic N) is 6. The lowest BCUT2D eigenvalue weighted by molar-refractivity contribution is -0.190. The first-order chi connectivity index (χ1) is 22.8. The fraction of sp³-hybridized carbons (Fsp3) is 0.333. The first-order valence-electron chi connectivity index (χ1n) is 15.4. The molecule has 47 heavy (non-hydrogen) atoms. The maximum atomic E-state index is 12.7. The van der Waals surface area contributed by atoms with Crippen LogP contribution in [0.5, 0.6) is 5.75 Å². The van der Waals surface area contributed by atoms with E-state index in [0.717, 1.165) is 23.5 Å². The summed E-state index contributed by atoms with van der Waals surface area (Å²) < 4.78 is 23.4. The third-order valence-corrected chi connectivity index (χ3v) is 8.51. The smallest absolute Gasteiger partial charge is 0.350 e. The van der Waals surface area contributed by atoms with E-state index in [1.807, 2.05) is 62.4 Å². The van der Waals surface area contributed by atoms with Gasteiger partial charge in [-0.1, -0.05) is 36.2 Å². The van der Waals surface area contributed by atoms with Gasteiger partial charge in [0.15, 0.2) is 0 Å². The molecule has 1 aliphatic rings. The van der Waals surface area contributed by atoms with Gasteiger partial charge in [0.2, 0.25) is 5.79 Å². The summed E-state index contributed by atoms with van der Waals surface area (Å²) in [4.78, 5) is 16.7. The van der Waals surface area contributed by atoms with Crippen molar-refractivity contribution in [3.63, 3.8) is 0 Å². The molecular weight excluding hydrogens is 643 g/mol. The highest BCUT2D eigenvalue weighted by Gasteiger charge is 2.45. The van der Waals surface area contributed by atoms with Crippen LogP contribution in [0.2, 0.25) is 10.0 Å². The molecule has 6 rings (SSSR count). The number of ether oxygens (including phenoxy) is 3. The number of anilines is 2. The molecule has 246 valence electrons. The van der Waals surface area contributed by atoms with E-state index in [2.05, 4.69) is 25.8 Å². The van der Waals surface area contributed by atoms with Crippen molar-refractivity contribution >= 4 is 34.6 Å². The number of nitrogens with one attached hydrogen (secondary N) is 2. The van der Waals surface area contributed by atoms with E-state index in [-0.39, 0.29) is 31.0 Å². The lowest BCUT2D eigenvalue weighted by Gasteiger charge is -2.29. The quantitative estimate of drug-likeness (QED) is 0.141. The number of rotatable bonds is 14. The van der Waals surface area contributed by atoms with Crippen LogP contribution in [0.4, 0.5) is 11.4 Å². The van der Waals surface area contributed by atoms with Crippen molar-refractivity contribution in [2.75, 3.05) is 36.9 Å². The van der Waals surface area contributed by atoms with E-state index in [1.54, 1.807) is 40.1 Å². The molecule has 3 aromatic carbocycles. The molecule has 0 spiro atoms. The number of benzene rings is 3. The first-order valence-corrected chi connectivity index (χ1v) is 16.2. The van der Waals surface area contributed by atoms with Crippen LogP contribution in [0.1, 0.15) is 31.9 Å². The highest BCUT2D eigenvalue weighted by Crippen LogP contribution is 2.40. The lowest BCUT2D eigenvalue weighted by Crippen LogP contribution is -2.35. The van der Waals surface area contributed by atoms with Gasteiger partial charge in [0.05, 0.1) is 23.4 Å². The Labute approximate surface area is 282 Å². The maximum absolute atomic E-state index is 12.7. The van der Waals surface area contributed by atoms with Crippen molar-refractivity contribution in [2.24, 2.45) is 0 Å². The SMILES string of the molecule is CCC(C)n1ncn(-c2ccc(NCCNc3ccc(OCC4CO[C@](Cn5cncn5)(c5ccc(Cl)cc5Cl)O4)cc3)cc2)c1=O. The fourth-order valence-electron chi connectivity index (χ4n) is 5.26. The Kier molecular flexibility index (Phi) is 10.1. The van der Waals surface area contributed by atoms with Crippen LogP contribution in [0, 0.1) is 0 Å². The number of halogens is 2. The average molecular weight is 680 g/mol. The topological polar surface area (TPSA) is 122 Å². The van der Waals surface area contributed by atoms with E-state index in [9.17, 15) is 4.79 Å². The van der Waals surface area contributed by atoms with Crippen LogP contribution in [0.3, 0.4) is 0 Å². The van der Waals surface area contributed by atoms with E-state index in [0.29, 0.717) is 41.1 Å². The molecule has 5 aromatic rings. The molecule has 0 aliphatic carbocycles. The molecule has 0 amide bonds. The molecule has 1 fully saturated rings. The summed E-state index contributed by atoms with van der Waals surface area (Å²) in [6.07, 6.45) is 5.12. The largest absolute Gasteiger partial charge is 0.491 e. The van der Waals surface area contributed by atoms with Crippen molar-refractivity contribution < 1.29 is 14.2 Å². The minimum Gasteiger partial charge on any atom is -0.491 e. The molecule has 2 N–H and O–H groups in total. The van der Waals surface area contributed by atoms with Gasteiger partial charge in [0.1, 0.15) is 44.0 Å². The molecule has 3 atom stereocenters. The molecule has 14 heteroatoms. The summed E-state index contributed by atoms with van der Waals surface area (Å²) in [6, 6.07) is 20.8.